The van der Waals surface area contributed by atoms with Gasteiger partial charge in [0, 0.05) is 24.8 Å². The number of rotatable bonds is 3. The fraction of sp³-hybridized carbons (Fsp3) is 0.500. The van der Waals surface area contributed by atoms with Gasteiger partial charge in [0.15, 0.2) is 11.6 Å². The molecular formula is C14H20N8. The molecule has 0 atom stereocenters. The Hall–Kier alpha value is -2.51. The summed E-state index contributed by atoms with van der Waals surface area (Å²) in [5, 5.41) is 13.6. The highest BCUT2D eigenvalue weighted by molar-refractivity contribution is 5.46. The minimum Gasteiger partial charge on any atom is -0.355 e. The van der Waals surface area contributed by atoms with E-state index in [1.54, 1.807) is 6.33 Å². The first-order valence-corrected chi connectivity index (χ1v) is 7.71. The van der Waals surface area contributed by atoms with Crippen molar-refractivity contribution in [2.45, 2.75) is 32.7 Å². The van der Waals surface area contributed by atoms with Gasteiger partial charge in [0.2, 0.25) is 0 Å². The molecule has 0 aliphatic carbocycles. The number of hydrogen-bond acceptors (Lipinski definition) is 6. The van der Waals surface area contributed by atoms with Gasteiger partial charge in [0.1, 0.15) is 12.1 Å². The molecule has 0 saturated carbocycles. The Morgan fingerprint density at radius 2 is 2.09 bits per heavy atom. The van der Waals surface area contributed by atoms with E-state index in [0.717, 1.165) is 36.2 Å². The summed E-state index contributed by atoms with van der Waals surface area (Å²) < 4.78 is 1.94. The minimum absolute atomic E-state index is 0.656. The SMILES string of the molecule is Cc1cc(NN2C=C(N3CCCCC3)n3ncnc3C2)n[nH]1. The van der Waals surface area contributed by atoms with Gasteiger partial charge in [-0.2, -0.15) is 14.9 Å². The van der Waals surface area contributed by atoms with Gasteiger partial charge in [-0.25, -0.2) is 4.98 Å². The van der Waals surface area contributed by atoms with Crippen LogP contribution in [-0.2, 0) is 6.54 Å². The molecule has 2 aliphatic rings. The number of aromatic nitrogens is 5. The molecule has 2 N–H and O–H groups in total. The molecule has 1 fully saturated rings. The van der Waals surface area contributed by atoms with Gasteiger partial charge in [0.25, 0.3) is 0 Å². The highest BCUT2D eigenvalue weighted by Gasteiger charge is 2.24. The Morgan fingerprint density at radius 1 is 1.23 bits per heavy atom. The van der Waals surface area contributed by atoms with E-state index in [-0.39, 0.29) is 0 Å². The van der Waals surface area contributed by atoms with Crippen molar-refractivity contribution < 1.29 is 0 Å². The van der Waals surface area contributed by atoms with Crippen LogP contribution in [0.4, 0.5) is 5.82 Å². The summed E-state index contributed by atoms with van der Waals surface area (Å²) in [6.07, 6.45) is 7.48. The van der Waals surface area contributed by atoms with Crippen LogP contribution in [0.5, 0.6) is 0 Å². The maximum absolute atomic E-state index is 4.38. The molecule has 0 aromatic carbocycles. The van der Waals surface area contributed by atoms with E-state index in [4.69, 9.17) is 0 Å². The van der Waals surface area contributed by atoms with Crippen LogP contribution < -0.4 is 5.43 Å². The second-order valence-electron chi connectivity index (χ2n) is 5.80. The van der Waals surface area contributed by atoms with Crippen LogP contribution in [0.25, 0.3) is 5.82 Å². The predicted molar refractivity (Wildman–Crippen MR) is 82.2 cm³/mol. The number of hydrogen-bond donors (Lipinski definition) is 2. The van der Waals surface area contributed by atoms with E-state index >= 15 is 0 Å². The van der Waals surface area contributed by atoms with Gasteiger partial charge in [-0.3, -0.25) is 15.5 Å². The Labute approximate surface area is 128 Å². The van der Waals surface area contributed by atoms with E-state index in [1.165, 1.54) is 19.3 Å². The lowest BCUT2D eigenvalue weighted by atomic mass is 10.1. The van der Waals surface area contributed by atoms with Gasteiger partial charge in [-0.05, 0) is 26.2 Å². The largest absolute Gasteiger partial charge is 0.355 e. The summed E-state index contributed by atoms with van der Waals surface area (Å²) >= 11 is 0. The van der Waals surface area contributed by atoms with Gasteiger partial charge >= 0.3 is 0 Å². The van der Waals surface area contributed by atoms with Crippen LogP contribution >= 0.6 is 0 Å². The number of aromatic amines is 1. The first kappa shape index (κ1) is 13.2. The minimum atomic E-state index is 0.656. The molecule has 116 valence electrons. The number of H-pyrrole nitrogens is 1. The molecular weight excluding hydrogens is 280 g/mol. The molecule has 0 radical (unpaired) electrons. The van der Waals surface area contributed by atoms with Crippen molar-refractivity contribution >= 4 is 11.6 Å². The molecule has 22 heavy (non-hydrogen) atoms. The smallest absolute Gasteiger partial charge is 0.166 e. The fourth-order valence-electron chi connectivity index (χ4n) is 2.99. The van der Waals surface area contributed by atoms with Crippen molar-refractivity contribution in [2.75, 3.05) is 18.5 Å². The highest BCUT2D eigenvalue weighted by Crippen LogP contribution is 2.24. The van der Waals surface area contributed by atoms with E-state index in [1.807, 2.05) is 22.7 Å². The predicted octanol–water partition coefficient (Wildman–Crippen LogP) is 1.39. The molecule has 2 aliphatic heterocycles. The van der Waals surface area contributed by atoms with Crippen LogP contribution in [0.2, 0.25) is 0 Å². The second kappa shape index (κ2) is 5.36. The van der Waals surface area contributed by atoms with Gasteiger partial charge < -0.3 is 4.90 Å². The number of nitrogens with one attached hydrogen (secondary N) is 2. The van der Waals surface area contributed by atoms with Gasteiger partial charge in [-0.15, -0.1) is 0 Å². The molecule has 4 rings (SSSR count). The zero-order chi connectivity index (χ0) is 14.9. The summed E-state index contributed by atoms with van der Waals surface area (Å²) in [6.45, 7) is 4.78. The first-order valence-electron chi connectivity index (χ1n) is 7.71. The van der Waals surface area contributed by atoms with Crippen molar-refractivity contribution in [1.29, 1.82) is 0 Å². The van der Waals surface area contributed by atoms with Gasteiger partial charge in [-0.1, -0.05) is 0 Å². The molecule has 8 nitrogen and oxygen atoms in total. The van der Waals surface area contributed by atoms with Crippen LogP contribution in [0.15, 0.2) is 18.6 Å². The van der Waals surface area contributed by atoms with E-state index in [2.05, 4.69) is 36.8 Å². The number of fused-ring (bicyclic) bond motifs is 1. The summed E-state index contributed by atoms with van der Waals surface area (Å²) in [5.41, 5.74) is 4.34. The summed E-state index contributed by atoms with van der Waals surface area (Å²) in [7, 11) is 0. The van der Waals surface area contributed by atoms with Crippen LogP contribution in [0.3, 0.4) is 0 Å². The number of nitrogens with zero attached hydrogens (tertiary/aromatic N) is 6. The van der Waals surface area contributed by atoms with Crippen LogP contribution in [0, 0.1) is 6.92 Å². The number of likely N-dealkylation sites (tertiary alicyclic amines) is 1. The monoisotopic (exact) mass is 300 g/mol. The average molecular weight is 300 g/mol. The lowest BCUT2D eigenvalue weighted by Crippen LogP contribution is -2.38. The molecule has 0 amide bonds. The quantitative estimate of drug-likeness (QED) is 0.892. The third kappa shape index (κ3) is 2.40. The van der Waals surface area contributed by atoms with Crippen molar-refractivity contribution in [1.82, 2.24) is 34.9 Å². The fourth-order valence-corrected chi connectivity index (χ4v) is 2.99. The Balaban J connectivity index is 1.60. The van der Waals surface area contributed by atoms with E-state index < -0.39 is 0 Å². The molecule has 4 heterocycles. The zero-order valence-corrected chi connectivity index (χ0v) is 12.7. The lowest BCUT2D eigenvalue weighted by Gasteiger charge is -2.35. The maximum Gasteiger partial charge on any atom is 0.166 e. The van der Waals surface area contributed by atoms with E-state index in [9.17, 15) is 0 Å². The van der Waals surface area contributed by atoms with Crippen molar-refractivity contribution in [3.8, 4) is 0 Å². The Kier molecular flexibility index (Phi) is 3.21. The average Bonchev–Trinajstić information content (AvgIpc) is 3.16. The number of hydrazine groups is 1. The standard InChI is InChI=1S/C14H20N8/c1-11-7-12(18-17-11)19-21-8-13-15-10-16-22(13)14(9-21)20-5-3-2-4-6-20/h7,9-10H,2-6,8H2,1H3,(H2,17,18,19). The highest BCUT2D eigenvalue weighted by atomic mass is 15.6. The Bertz CT molecular complexity index is 679. The normalized spacial score (nSPS) is 18.1. The third-order valence-corrected chi connectivity index (χ3v) is 4.06. The molecule has 8 heteroatoms. The lowest BCUT2D eigenvalue weighted by molar-refractivity contribution is 0.289. The van der Waals surface area contributed by atoms with Crippen LogP contribution in [0.1, 0.15) is 30.8 Å². The van der Waals surface area contributed by atoms with Crippen LogP contribution in [-0.4, -0.2) is 48.0 Å². The molecule has 0 unspecified atom stereocenters. The molecule has 0 spiro atoms. The Morgan fingerprint density at radius 3 is 2.86 bits per heavy atom. The van der Waals surface area contributed by atoms with Crippen molar-refractivity contribution in [3.63, 3.8) is 0 Å². The summed E-state index contributed by atoms with van der Waals surface area (Å²) in [5.74, 6) is 2.82. The number of piperidine rings is 1. The number of anilines is 1. The molecule has 2 aromatic heterocycles. The topological polar surface area (TPSA) is 77.9 Å². The number of aryl methyl sites for hydroxylation is 1. The maximum atomic E-state index is 4.38. The third-order valence-electron chi connectivity index (χ3n) is 4.06. The summed E-state index contributed by atoms with van der Waals surface area (Å²) in [6, 6.07) is 1.98. The summed E-state index contributed by atoms with van der Waals surface area (Å²) in [4.78, 5) is 6.75. The molecule has 0 bridgehead atoms. The van der Waals surface area contributed by atoms with Gasteiger partial charge in [0.05, 0.1) is 12.7 Å². The first-order chi connectivity index (χ1) is 10.8. The van der Waals surface area contributed by atoms with E-state index in [0.29, 0.717) is 6.54 Å². The van der Waals surface area contributed by atoms with Crippen molar-refractivity contribution in [2.24, 2.45) is 0 Å². The molecule has 2 aromatic rings. The van der Waals surface area contributed by atoms with Crippen molar-refractivity contribution in [3.05, 3.63) is 30.1 Å². The zero-order valence-electron chi connectivity index (χ0n) is 12.7. The second-order valence-corrected chi connectivity index (χ2v) is 5.80. The molecule has 1 saturated heterocycles.